The van der Waals surface area contributed by atoms with Gasteiger partial charge < -0.3 is 23.1 Å². The van der Waals surface area contributed by atoms with Crippen molar-refractivity contribution in [2.45, 2.75) is 52.7 Å². The van der Waals surface area contributed by atoms with E-state index in [0.717, 1.165) is 11.2 Å². The average Bonchev–Trinajstić information content (AvgIpc) is 2.74. The van der Waals surface area contributed by atoms with E-state index >= 15 is 0 Å². The zero-order valence-corrected chi connectivity index (χ0v) is 16.4. The molecule has 0 aromatic heterocycles. The number of hydrogen-bond donors (Lipinski definition) is 0. The Labute approximate surface area is 147 Å². The third kappa shape index (κ3) is 4.71. The van der Waals surface area contributed by atoms with Crippen molar-refractivity contribution < 1.29 is 23.1 Å². The van der Waals surface area contributed by atoms with Gasteiger partial charge in [0.25, 0.3) is 0 Å². The Bertz CT molecular complexity index is 498. The van der Waals surface area contributed by atoms with Crippen molar-refractivity contribution in [3.63, 3.8) is 0 Å². The smallest absolute Gasteiger partial charge is 0.484 e. The van der Waals surface area contributed by atoms with E-state index in [1.807, 2.05) is 65.8 Å². The van der Waals surface area contributed by atoms with Crippen LogP contribution in [0.2, 0.25) is 0 Å². The number of benzene rings is 1. The van der Waals surface area contributed by atoms with Gasteiger partial charge in [0.2, 0.25) is 8.38 Å². The lowest BCUT2D eigenvalue weighted by Crippen LogP contribution is -2.41. The van der Waals surface area contributed by atoms with Gasteiger partial charge in [-0.2, -0.15) is 0 Å². The molecule has 0 saturated carbocycles. The molecule has 24 heavy (non-hydrogen) atoms. The van der Waals surface area contributed by atoms with Crippen LogP contribution in [0.1, 0.15) is 41.5 Å². The van der Waals surface area contributed by atoms with E-state index in [0.29, 0.717) is 19.6 Å². The van der Waals surface area contributed by atoms with E-state index in [1.165, 1.54) is 0 Å². The maximum atomic E-state index is 6.05. The van der Waals surface area contributed by atoms with Crippen LogP contribution in [0.3, 0.4) is 0 Å². The molecule has 0 unspecified atom stereocenters. The summed E-state index contributed by atoms with van der Waals surface area (Å²) in [7, 11) is -1.35. The zero-order valence-electron chi connectivity index (χ0n) is 15.5. The van der Waals surface area contributed by atoms with Gasteiger partial charge >= 0.3 is 7.12 Å². The van der Waals surface area contributed by atoms with Crippen molar-refractivity contribution in [1.29, 1.82) is 0 Å². The highest BCUT2D eigenvalue weighted by Crippen LogP contribution is 2.38. The van der Waals surface area contributed by atoms with Crippen molar-refractivity contribution in [3.05, 3.63) is 24.3 Å². The number of rotatable bonds is 8. The predicted molar refractivity (Wildman–Crippen MR) is 97.8 cm³/mol. The monoisotopic (exact) mass is 354 g/mol. The second kappa shape index (κ2) is 8.16. The molecule has 1 aromatic rings. The van der Waals surface area contributed by atoms with E-state index in [1.54, 1.807) is 0 Å². The first-order valence-electron chi connectivity index (χ1n) is 8.41. The molecule has 5 nitrogen and oxygen atoms in total. The van der Waals surface area contributed by atoms with Crippen LogP contribution in [0.5, 0.6) is 5.75 Å². The van der Waals surface area contributed by atoms with Crippen LogP contribution in [-0.2, 0) is 18.4 Å². The highest BCUT2D eigenvalue weighted by Gasteiger charge is 2.51. The second-order valence-electron chi connectivity index (χ2n) is 6.60. The van der Waals surface area contributed by atoms with Gasteiger partial charge in [0.05, 0.1) is 24.4 Å². The van der Waals surface area contributed by atoms with Gasteiger partial charge in [-0.15, -0.1) is 0 Å². The third-order valence-corrected chi connectivity index (χ3v) is 5.72. The van der Waals surface area contributed by atoms with Crippen LogP contribution in [0.4, 0.5) is 0 Å². The topological polar surface area (TPSA) is 46.2 Å². The average molecular weight is 354 g/mol. The van der Waals surface area contributed by atoms with Crippen molar-refractivity contribution in [3.8, 4) is 5.75 Å². The van der Waals surface area contributed by atoms with Crippen molar-refractivity contribution in [2.24, 2.45) is 0 Å². The third-order valence-electron chi connectivity index (χ3n) is 4.29. The van der Waals surface area contributed by atoms with Gasteiger partial charge in [0.15, 0.2) is 6.35 Å². The summed E-state index contributed by atoms with van der Waals surface area (Å²) in [5.74, 6) is 0.780. The maximum Gasteiger partial charge on any atom is 0.494 e. The van der Waals surface area contributed by atoms with E-state index in [9.17, 15) is 0 Å². The lowest BCUT2D eigenvalue weighted by atomic mass is 9.79. The summed E-state index contributed by atoms with van der Waals surface area (Å²) in [6.45, 7) is 13.3. The predicted octanol–water partition coefficient (Wildman–Crippen LogP) is 3.71. The summed E-state index contributed by atoms with van der Waals surface area (Å²) in [6, 6.07) is 7.79. The molecule has 0 aliphatic carbocycles. The first-order valence-corrected chi connectivity index (χ1v) is 9.77. The SMILES string of the molecule is CCOP(COc1ccc(B2OC(C)(C)C(C)(C)O2)cc1)OCC. The molecule has 7 heteroatoms. The lowest BCUT2D eigenvalue weighted by molar-refractivity contribution is 0.00578. The van der Waals surface area contributed by atoms with Crippen molar-refractivity contribution >= 4 is 21.0 Å². The summed E-state index contributed by atoms with van der Waals surface area (Å²) >= 11 is 0. The van der Waals surface area contributed by atoms with Crippen LogP contribution < -0.4 is 10.2 Å². The molecule has 1 saturated heterocycles. The number of ether oxygens (including phenoxy) is 1. The van der Waals surface area contributed by atoms with Gasteiger partial charge in [-0.25, -0.2) is 0 Å². The Morgan fingerprint density at radius 3 is 1.88 bits per heavy atom. The molecule has 1 aliphatic heterocycles. The van der Waals surface area contributed by atoms with Crippen LogP contribution in [0.25, 0.3) is 0 Å². The second-order valence-corrected chi connectivity index (χ2v) is 8.04. The Balaban J connectivity index is 1.94. The van der Waals surface area contributed by atoms with Gasteiger partial charge in [-0.05, 0) is 59.1 Å². The van der Waals surface area contributed by atoms with Crippen LogP contribution >= 0.6 is 8.38 Å². The molecule has 134 valence electrons. The maximum absolute atomic E-state index is 6.05. The largest absolute Gasteiger partial charge is 0.494 e. The summed E-state index contributed by atoms with van der Waals surface area (Å²) in [4.78, 5) is 0. The van der Waals surface area contributed by atoms with E-state index in [2.05, 4.69) is 0 Å². The van der Waals surface area contributed by atoms with Gasteiger partial charge in [0.1, 0.15) is 5.75 Å². The first-order chi connectivity index (χ1) is 11.3. The molecule has 1 aromatic carbocycles. The molecule has 0 radical (unpaired) electrons. The fourth-order valence-electron chi connectivity index (χ4n) is 2.23. The molecule has 1 aliphatic rings. The molecule has 1 heterocycles. The van der Waals surface area contributed by atoms with Gasteiger partial charge in [-0.3, -0.25) is 0 Å². The first kappa shape index (κ1) is 19.7. The molecule has 0 spiro atoms. The molecule has 0 atom stereocenters. The van der Waals surface area contributed by atoms with Crippen molar-refractivity contribution in [1.82, 2.24) is 0 Å². The van der Waals surface area contributed by atoms with E-state index in [4.69, 9.17) is 23.1 Å². The fraction of sp³-hybridized carbons (Fsp3) is 0.647. The summed E-state index contributed by atoms with van der Waals surface area (Å²) < 4.78 is 28.9. The summed E-state index contributed by atoms with van der Waals surface area (Å²) in [5.41, 5.74) is 0.313. The van der Waals surface area contributed by atoms with E-state index < -0.39 is 8.38 Å². The summed E-state index contributed by atoms with van der Waals surface area (Å²) in [5, 5.41) is 0. The highest BCUT2D eigenvalue weighted by atomic mass is 31.2. The molecule has 0 N–H and O–H groups in total. The van der Waals surface area contributed by atoms with Crippen LogP contribution in [0, 0.1) is 0 Å². The number of hydrogen-bond acceptors (Lipinski definition) is 5. The zero-order chi connectivity index (χ0) is 17.8. The molecule has 1 fully saturated rings. The Kier molecular flexibility index (Phi) is 6.69. The van der Waals surface area contributed by atoms with Crippen LogP contribution in [0.15, 0.2) is 24.3 Å². The fourth-order valence-corrected chi connectivity index (χ4v) is 3.28. The Hall–Kier alpha value is -0.645. The molecule has 0 bridgehead atoms. The lowest BCUT2D eigenvalue weighted by Gasteiger charge is -2.32. The summed E-state index contributed by atoms with van der Waals surface area (Å²) in [6.07, 6.45) is 0.423. The molecule has 0 amide bonds. The molecular formula is C17H28BO5P. The minimum absolute atomic E-state index is 0.336. The van der Waals surface area contributed by atoms with Gasteiger partial charge in [-0.1, -0.05) is 12.1 Å². The van der Waals surface area contributed by atoms with E-state index in [-0.39, 0.29) is 18.3 Å². The highest BCUT2D eigenvalue weighted by molar-refractivity contribution is 7.47. The Morgan fingerprint density at radius 1 is 0.917 bits per heavy atom. The minimum Gasteiger partial charge on any atom is -0.484 e. The standard InChI is InChI=1S/C17H28BO5P/c1-7-20-24(21-8-2)13-19-15-11-9-14(10-12-15)18-22-16(3,4)17(5,6)23-18/h9-12H,7-8,13H2,1-6H3. The molecular weight excluding hydrogens is 326 g/mol. The van der Waals surface area contributed by atoms with Gasteiger partial charge in [0, 0.05) is 0 Å². The molecule has 2 rings (SSSR count). The Morgan fingerprint density at radius 2 is 1.42 bits per heavy atom. The van der Waals surface area contributed by atoms with Crippen molar-refractivity contribution in [2.75, 3.05) is 19.6 Å². The quantitative estimate of drug-likeness (QED) is 0.526. The van der Waals surface area contributed by atoms with Crippen LogP contribution in [-0.4, -0.2) is 37.9 Å². The normalized spacial score (nSPS) is 19.0. The minimum atomic E-state index is -0.998.